The van der Waals surface area contributed by atoms with Crippen LogP contribution in [0.1, 0.15) is 42.6 Å². The minimum atomic E-state index is -0.911. The summed E-state index contributed by atoms with van der Waals surface area (Å²) < 4.78 is 0. The maximum absolute atomic E-state index is 12.6. The fraction of sp³-hybridized carbons (Fsp3) is 0.474. The van der Waals surface area contributed by atoms with Crippen molar-refractivity contribution in [1.29, 1.82) is 0 Å². The van der Waals surface area contributed by atoms with E-state index < -0.39 is 11.6 Å². The Morgan fingerprint density at radius 2 is 1.74 bits per heavy atom. The van der Waals surface area contributed by atoms with Crippen LogP contribution in [-0.2, 0) is 16.1 Å². The van der Waals surface area contributed by atoms with Gasteiger partial charge in [-0.2, -0.15) is 0 Å². The number of imide groups is 1. The van der Waals surface area contributed by atoms with Crippen molar-refractivity contribution in [3.05, 3.63) is 35.4 Å². The summed E-state index contributed by atoms with van der Waals surface area (Å²) >= 11 is 0. The fourth-order valence-electron chi connectivity index (χ4n) is 3.07. The molecule has 8 heteroatoms. The molecule has 1 aromatic rings. The van der Waals surface area contributed by atoms with Crippen molar-refractivity contribution in [1.82, 2.24) is 20.4 Å². The molecule has 2 N–H and O–H groups in total. The van der Waals surface area contributed by atoms with Gasteiger partial charge in [0.25, 0.3) is 11.8 Å². The minimum absolute atomic E-state index is 0.181. The Morgan fingerprint density at radius 1 is 1.15 bits per heavy atom. The first-order valence-corrected chi connectivity index (χ1v) is 8.97. The van der Waals surface area contributed by atoms with Gasteiger partial charge in [0, 0.05) is 26.2 Å². The summed E-state index contributed by atoms with van der Waals surface area (Å²) in [6, 6.07) is 6.37. The van der Waals surface area contributed by atoms with E-state index in [-0.39, 0.29) is 24.3 Å². The van der Waals surface area contributed by atoms with Gasteiger partial charge in [-0.15, -0.1) is 0 Å². The third-order valence-electron chi connectivity index (χ3n) is 5.04. The zero-order valence-electron chi connectivity index (χ0n) is 16.2. The molecule has 5 amide bonds. The molecule has 1 saturated heterocycles. The van der Waals surface area contributed by atoms with Gasteiger partial charge >= 0.3 is 6.03 Å². The first kappa shape index (κ1) is 20.4. The van der Waals surface area contributed by atoms with Gasteiger partial charge in [-0.3, -0.25) is 19.3 Å². The average molecular weight is 374 g/mol. The molecular formula is C19H26N4O4. The van der Waals surface area contributed by atoms with Gasteiger partial charge in [-0.25, -0.2) is 4.79 Å². The molecule has 0 unspecified atom stereocenters. The van der Waals surface area contributed by atoms with E-state index in [1.54, 1.807) is 38.4 Å². The van der Waals surface area contributed by atoms with E-state index in [0.29, 0.717) is 24.9 Å². The fourth-order valence-corrected chi connectivity index (χ4v) is 3.07. The first-order valence-electron chi connectivity index (χ1n) is 8.97. The van der Waals surface area contributed by atoms with E-state index in [2.05, 4.69) is 10.6 Å². The van der Waals surface area contributed by atoms with Crippen molar-refractivity contribution >= 4 is 23.8 Å². The summed E-state index contributed by atoms with van der Waals surface area (Å²) in [6.45, 7) is 3.69. The Kier molecular flexibility index (Phi) is 6.20. The van der Waals surface area contributed by atoms with Crippen LogP contribution in [0.25, 0.3) is 0 Å². The third kappa shape index (κ3) is 4.10. The Balaban J connectivity index is 2.00. The number of hydrogen-bond donors (Lipinski definition) is 2. The van der Waals surface area contributed by atoms with Crippen LogP contribution in [-0.4, -0.2) is 59.7 Å². The summed E-state index contributed by atoms with van der Waals surface area (Å²) in [5, 5.41) is 5.26. The number of benzene rings is 1. The topological polar surface area (TPSA) is 98.8 Å². The lowest BCUT2D eigenvalue weighted by molar-refractivity contribution is -0.138. The molecule has 0 atom stereocenters. The highest BCUT2D eigenvalue weighted by molar-refractivity contribution is 6.09. The van der Waals surface area contributed by atoms with Gasteiger partial charge in [-0.05, 0) is 30.5 Å². The number of nitrogens with one attached hydrogen (secondary N) is 2. The second kappa shape index (κ2) is 8.20. The quantitative estimate of drug-likeness (QED) is 0.699. The lowest BCUT2D eigenvalue weighted by Crippen LogP contribution is -2.46. The van der Waals surface area contributed by atoms with Crippen LogP contribution >= 0.6 is 0 Å². The van der Waals surface area contributed by atoms with Crippen LogP contribution in [0.15, 0.2) is 24.3 Å². The smallest absolute Gasteiger partial charge is 0.325 e. The number of urea groups is 1. The number of amides is 5. The van der Waals surface area contributed by atoms with Gasteiger partial charge in [-0.1, -0.05) is 26.0 Å². The highest BCUT2D eigenvalue weighted by Crippen LogP contribution is 2.24. The van der Waals surface area contributed by atoms with Crippen LogP contribution < -0.4 is 10.6 Å². The molecule has 0 saturated carbocycles. The second-order valence-electron chi connectivity index (χ2n) is 6.64. The summed E-state index contributed by atoms with van der Waals surface area (Å²) in [6.07, 6.45) is 0.957. The van der Waals surface area contributed by atoms with Crippen molar-refractivity contribution in [2.45, 2.75) is 38.8 Å². The summed E-state index contributed by atoms with van der Waals surface area (Å²) in [7, 11) is 3.17. The standard InChI is InChI=1S/C19H26N4O4/c1-5-19(6-2)17(26)23(18(27)21-19)12-15(24)22(4)11-13-7-9-14(10-8-13)16(25)20-3/h7-10H,5-6,11-12H2,1-4H3,(H,20,25)(H,21,27). The monoisotopic (exact) mass is 374 g/mol. The van der Waals surface area contributed by atoms with Crippen molar-refractivity contribution in [2.24, 2.45) is 0 Å². The molecular weight excluding hydrogens is 348 g/mol. The highest BCUT2D eigenvalue weighted by Gasteiger charge is 2.49. The van der Waals surface area contributed by atoms with Crippen molar-refractivity contribution in [3.8, 4) is 0 Å². The molecule has 2 rings (SSSR count). The second-order valence-corrected chi connectivity index (χ2v) is 6.64. The number of rotatable bonds is 7. The SMILES string of the molecule is CCC1(CC)NC(=O)N(CC(=O)N(C)Cc2ccc(C(=O)NC)cc2)C1=O. The summed E-state index contributed by atoms with van der Waals surface area (Å²) in [5.41, 5.74) is 0.461. The van der Waals surface area contributed by atoms with E-state index in [1.807, 2.05) is 13.8 Å². The summed E-state index contributed by atoms with van der Waals surface area (Å²) in [5.74, 6) is -0.870. The van der Waals surface area contributed by atoms with Gasteiger partial charge in [0.05, 0.1) is 0 Å². The Bertz CT molecular complexity index is 741. The molecule has 8 nitrogen and oxygen atoms in total. The highest BCUT2D eigenvalue weighted by atomic mass is 16.2. The lowest BCUT2D eigenvalue weighted by atomic mass is 9.93. The van der Waals surface area contributed by atoms with Crippen LogP contribution in [0.4, 0.5) is 4.79 Å². The van der Waals surface area contributed by atoms with E-state index in [0.717, 1.165) is 10.5 Å². The lowest BCUT2D eigenvalue weighted by Gasteiger charge is -2.24. The molecule has 1 aromatic carbocycles. The molecule has 27 heavy (non-hydrogen) atoms. The van der Waals surface area contributed by atoms with E-state index in [4.69, 9.17) is 0 Å². The van der Waals surface area contributed by atoms with Crippen molar-refractivity contribution in [2.75, 3.05) is 20.6 Å². The van der Waals surface area contributed by atoms with Crippen LogP contribution in [0.2, 0.25) is 0 Å². The molecule has 0 aromatic heterocycles. The Labute approximate surface area is 158 Å². The van der Waals surface area contributed by atoms with Crippen molar-refractivity contribution < 1.29 is 19.2 Å². The molecule has 146 valence electrons. The zero-order valence-corrected chi connectivity index (χ0v) is 16.2. The molecule has 1 heterocycles. The minimum Gasteiger partial charge on any atom is -0.355 e. The predicted molar refractivity (Wildman–Crippen MR) is 99.9 cm³/mol. The number of carbonyl (C=O) groups is 4. The zero-order chi connectivity index (χ0) is 20.2. The molecule has 0 spiro atoms. The molecule has 0 bridgehead atoms. The molecule has 0 aliphatic carbocycles. The first-order chi connectivity index (χ1) is 12.8. The van der Waals surface area contributed by atoms with E-state index >= 15 is 0 Å². The maximum Gasteiger partial charge on any atom is 0.325 e. The van der Waals surface area contributed by atoms with E-state index in [1.165, 1.54) is 4.90 Å². The number of likely N-dealkylation sites (N-methyl/N-ethyl adjacent to an activating group) is 1. The molecule has 1 aliphatic heterocycles. The number of carbonyl (C=O) groups excluding carboxylic acids is 4. The van der Waals surface area contributed by atoms with Gasteiger partial charge < -0.3 is 15.5 Å². The normalized spacial score (nSPS) is 15.5. The van der Waals surface area contributed by atoms with Gasteiger partial charge in [0.1, 0.15) is 12.1 Å². The van der Waals surface area contributed by atoms with Crippen LogP contribution in [0.3, 0.4) is 0 Å². The van der Waals surface area contributed by atoms with Crippen LogP contribution in [0.5, 0.6) is 0 Å². The third-order valence-corrected chi connectivity index (χ3v) is 5.04. The largest absolute Gasteiger partial charge is 0.355 e. The Hall–Kier alpha value is -2.90. The van der Waals surface area contributed by atoms with Gasteiger partial charge in [0.2, 0.25) is 5.91 Å². The average Bonchev–Trinajstić information content (AvgIpc) is 2.92. The predicted octanol–water partition coefficient (Wildman–Crippen LogP) is 1.12. The molecule has 0 radical (unpaired) electrons. The molecule has 1 fully saturated rings. The van der Waals surface area contributed by atoms with E-state index in [9.17, 15) is 19.2 Å². The Morgan fingerprint density at radius 3 is 2.22 bits per heavy atom. The number of nitrogens with zero attached hydrogens (tertiary/aromatic N) is 2. The molecule has 1 aliphatic rings. The van der Waals surface area contributed by atoms with Gasteiger partial charge in [0.15, 0.2) is 0 Å². The van der Waals surface area contributed by atoms with Crippen LogP contribution in [0, 0.1) is 0 Å². The maximum atomic E-state index is 12.6. The van der Waals surface area contributed by atoms with Crippen molar-refractivity contribution in [3.63, 3.8) is 0 Å². The summed E-state index contributed by atoms with van der Waals surface area (Å²) in [4.78, 5) is 51.2. The number of hydrogen-bond acceptors (Lipinski definition) is 4.